The van der Waals surface area contributed by atoms with Gasteiger partial charge in [-0.15, -0.1) is 11.3 Å². The molecule has 1 fully saturated rings. The first-order valence-corrected chi connectivity index (χ1v) is 7.68. The number of nitrogens with one attached hydrogen (secondary N) is 1. The van der Waals surface area contributed by atoms with Gasteiger partial charge in [-0.05, 0) is 39.3 Å². The molecule has 0 bridgehead atoms. The van der Waals surface area contributed by atoms with Crippen LogP contribution in [0.15, 0.2) is 12.3 Å². The van der Waals surface area contributed by atoms with E-state index in [9.17, 15) is 0 Å². The standard InChI is InChI=1S/C14H20N4S/c1-10-6-14(17-16-10)12-4-3-5-18(8-12)9-13-7-15-11(2)19-13/h6-7,12H,3-5,8-9H2,1-2H3,(H,16,17). The zero-order chi connectivity index (χ0) is 13.2. The number of aromatic nitrogens is 3. The molecule has 1 saturated heterocycles. The number of thiazole rings is 1. The number of hydrogen-bond acceptors (Lipinski definition) is 4. The van der Waals surface area contributed by atoms with Crippen LogP contribution in [0.4, 0.5) is 0 Å². The zero-order valence-corrected chi connectivity index (χ0v) is 12.3. The Hall–Kier alpha value is -1.20. The molecule has 1 unspecified atom stereocenters. The lowest BCUT2D eigenvalue weighted by atomic mass is 9.94. The quantitative estimate of drug-likeness (QED) is 0.937. The molecule has 1 N–H and O–H groups in total. The molecule has 0 aromatic carbocycles. The van der Waals surface area contributed by atoms with Gasteiger partial charge in [0.2, 0.25) is 0 Å². The summed E-state index contributed by atoms with van der Waals surface area (Å²) < 4.78 is 0. The normalized spacial score (nSPS) is 20.8. The number of H-pyrrole nitrogens is 1. The van der Waals surface area contributed by atoms with Gasteiger partial charge in [0.25, 0.3) is 0 Å². The summed E-state index contributed by atoms with van der Waals surface area (Å²) in [5.41, 5.74) is 2.38. The average molecular weight is 276 g/mol. The summed E-state index contributed by atoms with van der Waals surface area (Å²) in [6.45, 7) is 7.47. The fourth-order valence-corrected chi connectivity index (χ4v) is 3.62. The van der Waals surface area contributed by atoms with Crippen LogP contribution >= 0.6 is 11.3 Å². The third-order valence-corrected chi connectivity index (χ3v) is 4.60. The van der Waals surface area contributed by atoms with E-state index in [-0.39, 0.29) is 0 Å². The predicted octanol–water partition coefficient (Wildman–Crippen LogP) is 2.86. The molecule has 0 saturated carbocycles. The fourth-order valence-electron chi connectivity index (χ4n) is 2.79. The van der Waals surface area contributed by atoms with Crippen LogP contribution in [0.1, 0.15) is 40.0 Å². The van der Waals surface area contributed by atoms with Crippen molar-refractivity contribution in [1.29, 1.82) is 0 Å². The molecule has 3 heterocycles. The van der Waals surface area contributed by atoms with Gasteiger partial charge in [0.15, 0.2) is 0 Å². The molecule has 2 aromatic heterocycles. The Morgan fingerprint density at radius 1 is 1.47 bits per heavy atom. The second-order valence-electron chi connectivity index (χ2n) is 5.40. The summed E-state index contributed by atoms with van der Waals surface area (Å²) in [4.78, 5) is 8.24. The monoisotopic (exact) mass is 276 g/mol. The Labute approximate surface area is 117 Å². The van der Waals surface area contributed by atoms with E-state index < -0.39 is 0 Å². The van der Waals surface area contributed by atoms with Crippen molar-refractivity contribution in [1.82, 2.24) is 20.1 Å². The third kappa shape index (κ3) is 3.04. The van der Waals surface area contributed by atoms with Crippen molar-refractivity contribution < 1.29 is 0 Å². The lowest BCUT2D eigenvalue weighted by molar-refractivity contribution is 0.200. The summed E-state index contributed by atoms with van der Waals surface area (Å²) in [7, 11) is 0. The molecule has 4 nitrogen and oxygen atoms in total. The van der Waals surface area contributed by atoms with Crippen LogP contribution in [0.3, 0.4) is 0 Å². The Kier molecular flexibility index (Phi) is 3.66. The van der Waals surface area contributed by atoms with Gasteiger partial charge in [-0.25, -0.2) is 4.98 Å². The molecule has 0 radical (unpaired) electrons. The molecule has 0 amide bonds. The van der Waals surface area contributed by atoms with E-state index in [0.717, 1.165) is 23.8 Å². The van der Waals surface area contributed by atoms with Gasteiger partial charge in [0.05, 0.1) is 10.7 Å². The summed E-state index contributed by atoms with van der Waals surface area (Å²) in [6, 6.07) is 2.19. The largest absolute Gasteiger partial charge is 0.298 e. The molecule has 5 heteroatoms. The molecule has 0 aliphatic carbocycles. The van der Waals surface area contributed by atoms with Gasteiger partial charge in [-0.3, -0.25) is 10.00 Å². The molecular formula is C14H20N4S. The Morgan fingerprint density at radius 3 is 3.05 bits per heavy atom. The minimum atomic E-state index is 0.577. The topological polar surface area (TPSA) is 44.8 Å². The van der Waals surface area contributed by atoms with E-state index in [1.165, 1.54) is 30.0 Å². The van der Waals surface area contributed by atoms with Crippen molar-refractivity contribution in [3.63, 3.8) is 0 Å². The van der Waals surface area contributed by atoms with Crippen LogP contribution in [0.5, 0.6) is 0 Å². The minimum absolute atomic E-state index is 0.577. The van der Waals surface area contributed by atoms with Crippen molar-refractivity contribution in [2.24, 2.45) is 0 Å². The average Bonchev–Trinajstić information content (AvgIpc) is 2.99. The molecule has 0 spiro atoms. The molecule has 102 valence electrons. The molecular weight excluding hydrogens is 256 g/mol. The Bertz CT molecular complexity index is 545. The van der Waals surface area contributed by atoms with Crippen LogP contribution in [-0.4, -0.2) is 33.2 Å². The number of nitrogens with zero attached hydrogens (tertiary/aromatic N) is 3. The van der Waals surface area contributed by atoms with E-state index >= 15 is 0 Å². The minimum Gasteiger partial charge on any atom is -0.298 e. The SMILES string of the molecule is Cc1cc(C2CCCN(Cc3cnc(C)s3)C2)n[nH]1. The van der Waals surface area contributed by atoms with Crippen molar-refractivity contribution >= 4 is 11.3 Å². The Balaban J connectivity index is 1.64. The molecule has 2 aromatic rings. The first-order valence-electron chi connectivity index (χ1n) is 6.86. The van der Waals surface area contributed by atoms with Crippen LogP contribution in [-0.2, 0) is 6.54 Å². The van der Waals surface area contributed by atoms with Gasteiger partial charge >= 0.3 is 0 Å². The maximum absolute atomic E-state index is 4.42. The van der Waals surface area contributed by atoms with Crippen LogP contribution in [0.25, 0.3) is 0 Å². The van der Waals surface area contributed by atoms with E-state index in [1.807, 2.05) is 17.5 Å². The second-order valence-corrected chi connectivity index (χ2v) is 6.72. The van der Waals surface area contributed by atoms with Crippen LogP contribution < -0.4 is 0 Å². The van der Waals surface area contributed by atoms with Gasteiger partial charge in [-0.2, -0.15) is 5.10 Å². The molecule has 19 heavy (non-hydrogen) atoms. The zero-order valence-electron chi connectivity index (χ0n) is 11.5. The van der Waals surface area contributed by atoms with E-state index in [2.05, 4.69) is 40.0 Å². The highest BCUT2D eigenvalue weighted by atomic mass is 32.1. The first kappa shape index (κ1) is 12.8. The lowest BCUT2D eigenvalue weighted by Gasteiger charge is -2.31. The van der Waals surface area contributed by atoms with E-state index in [0.29, 0.717) is 5.92 Å². The third-order valence-electron chi connectivity index (χ3n) is 3.70. The number of piperidine rings is 1. The number of aryl methyl sites for hydroxylation is 2. The number of aromatic amines is 1. The van der Waals surface area contributed by atoms with Crippen LogP contribution in [0.2, 0.25) is 0 Å². The van der Waals surface area contributed by atoms with Crippen LogP contribution in [0, 0.1) is 13.8 Å². The highest BCUT2D eigenvalue weighted by molar-refractivity contribution is 7.11. The van der Waals surface area contributed by atoms with E-state index in [1.54, 1.807) is 0 Å². The van der Waals surface area contributed by atoms with Gasteiger partial charge < -0.3 is 0 Å². The summed E-state index contributed by atoms with van der Waals surface area (Å²) in [5, 5.41) is 8.64. The second kappa shape index (κ2) is 5.43. The van der Waals surface area contributed by atoms with Gasteiger partial charge in [0, 0.05) is 35.8 Å². The highest BCUT2D eigenvalue weighted by Crippen LogP contribution is 2.27. The fraction of sp³-hybridized carbons (Fsp3) is 0.571. The van der Waals surface area contributed by atoms with Crippen molar-refractivity contribution in [2.75, 3.05) is 13.1 Å². The maximum Gasteiger partial charge on any atom is 0.0897 e. The molecule has 1 aliphatic heterocycles. The smallest absolute Gasteiger partial charge is 0.0897 e. The van der Waals surface area contributed by atoms with E-state index in [4.69, 9.17) is 0 Å². The van der Waals surface area contributed by atoms with Crippen molar-refractivity contribution in [3.8, 4) is 0 Å². The van der Waals surface area contributed by atoms with Gasteiger partial charge in [0.1, 0.15) is 0 Å². The number of hydrogen-bond donors (Lipinski definition) is 1. The van der Waals surface area contributed by atoms with Gasteiger partial charge in [-0.1, -0.05) is 0 Å². The Morgan fingerprint density at radius 2 is 2.37 bits per heavy atom. The molecule has 1 aliphatic rings. The maximum atomic E-state index is 4.42. The summed E-state index contributed by atoms with van der Waals surface area (Å²) in [5.74, 6) is 0.577. The predicted molar refractivity (Wildman–Crippen MR) is 77.4 cm³/mol. The molecule has 3 rings (SSSR count). The summed E-state index contributed by atoms with van der Waals surface area (Å²) in [6.07, 6.45) is 4.53. The lowest BCUT2D eigenvalue weighted by Crippen LogP contribution is -2.33. The number of rotatable bonds is 3. The van der Waals surface area contributed by atoms with Crippen molar-refractivity contribution in [2.45, 2.75) is 39.2 Å². The first-order chi connectivity index (χ1) is 9.20. The van der Waals surface area contributed by atoms with Crippen molar-refractivity contribution in [3.05, 3.63) is 33.5 Å². The summed E-state index contributed by atoms with van der Waals surface area (Å²) >= 11 is 1.81. The number of likely N-dealkylation sites (tertiary alicyclic amines) is 1. The molecule has 1 atom stereocenters. The highest BCUT2D eigenvalue weighted by Gasteiger charge is 2.23.